The molecule has 5 aliphatic carbocycles. The second-order valence-corrected chi connectivity index (χ2v) is 17.9. The molecule has 1 aromatic heterocycles. The molecule has 45 heavy (non-hydrogen) atoms. The lowest BCUT2D eigenvalue weighted by Crippen LogP contribution is -2.67. The van der Waals surface area contributed by atoms with Crippen LogP contribution in [0.25, 0.3) is 0 Å². The van der Waals surface area contributed by atoms with Crippen molar-refractivity contribution in [1.82, 2.24) is 4.98 Å². The van der Waals surface area contributed by atoms with Gasteiger partial charge >= 0.3 is 5.97 Å². The zero-order valence-corrected chi connectivity index (χ0v) is 29.4. The quantitative estimate of drug-likeness (QED) is 0.285. The van der Waals surface area contributed by atoms with E-state index in [0.29, 0.717) is 59.7 Å². The van der Waals surface area contributed by atoms with Crippen molar-refractivity contribution >= 4 is 17.5 Å². The van der Waals surface area contributed by atoms with Crippen molar-refractivity contribution in [3.63, 3.8) is 0 Å². The summed E-state index contributed by atoms with van der Waals surface area (Å²) >= 11 is 0. The first-order chi connectivity index (χ1) is 21.1. The molecule has 0 bridgehead atoms. The van der Waals surface area contributed by atoms with Gasteiger partial charge in [0.2, 0.25) is 0 Å². The van der Waals surface area contributed by atoms with E-state index >= 15 is 0 Å². The van der Waals surface area contributed by atoms with Gasteiger partial charge in [-0.05, 0) is 135 Å². The van der Waals surface area contributed by atoms with Gasteiger partial charge < -0.3 is 9.53 Å². The standard InChI is InChI=1S/C40H59NO4/c1-25(2)28-15-20-40(32(43)14-11-26(3)42)22-21-38(7)29(34(28)40)12-13-31-37(6)18-17-33(45-35(44)27-10-9-23-41-24-27)36(4,5)30(37)16-19-39(31,38)8/h9-10,23-25,28-31,33-34H,11-22H2,1-8H3/t28?,29?,30?,31?,33-,34?,37+,38-,39-,40-/m1/s1. The van der Waals surface area contributed by atoms with E-state index in [1.54, 1.807) is 31.5 Å². The lowest BCUT2D eigenvalue weighted by Gasteiger charge is -2.73. The van der Waals surface area contributed by atoms with Crippen LogP contribution in [0.4, 0.5) is 0 Å². The number of Topliss-reactive ketones (excluding diaryl/α,β-unsaturated/α-hetero) is 2. The number of pyridine rings is 1. The molecule has 0 radical (unpaired) electrons. The highest BCUT2D eigenvalue weighted by atomic mass is 16.5. The molecule has 1 heterocycles. The molecule has 5 heteroatoms. The second-order valence-electron chi connectivity index (χ2n) is 17.9. The fraction of sp³-hybridized carbons (Fsp3) is 0.800. The van der Waals surface area contributed by atoms with Crippen molar-refractivity contribution in [3.8, 4) is 0 Å². The number of rotatable bonds is 7. The zero-order chi connectivity index (χ0) is 32.6. The van der Waals surface area contributed by atoms with Crippen LogP contribution >= 0.6 is 0 Å². The zero-order valence-electron chi connectivity index (χ0n) is 29.4. The number of fused-ring (bicyclic) bond motifs is 7. The average molecular weight is 618 g/mol. The SMILES string of the molecule is CC(=O)CCC(=O)[C@]12CCC(C(C)C)C1C1CCC3[C@@]4(C)CC[C@@H](OC(=O)c5cccnc5)C(C)(C)C4CC[C@@]3(C)[C@]1(C)CC2. The summed E-state index contributed by atoms with van der Waals surface area (Å²) in [7, 11) is 0. The van der Waals surface area contributed by atoms with E-state index in [4.69, 9.17) is 4.74 Å². The monoisotopic (exact) mass is 617 g/mol. The van der Waals surface area contributed by atoms with Gasteiger partial charge in [-0.15, -0.1) is 0 Å². The Balaban J connectivity index is 1.29. The highest BCUT2D eigenvalue weighted by molar-refractivity contribution is 5.90. The van der Waals surface area contributed by atoms with Gasteiger partial charge in [0, 0.05) is 36.1 Å². The van der Waals surface area contributed by atoms with Gasteiger partial charge in [0.1, 0.15) is 17.7 Å². The van der Waals surface area contributed by atoms with Gasteiger partial charge in [-0.25, -0.2) is 4.79 Å². The van der Waals surface area contributed by atoms with Crippen molar-refractivity contribution in [1.29, 1.82) is 0 Å². The molecule has 248 valence electrons. The first kappa shape index (κ1) is 32.9. The predicted molar refractivity (Wildman–Crippen MR) is 177 cm³/mol. The largest absolute Gasteiger partial charge is 0.458 e. The minimum atomic E-state index is -0.252. The number of carbonyl (C=O) groups is 3. The maximum Gasteiger partial charge on any atom is 0.339 e. The minimum Gasteiger partial charge on any atom is -0.458 e. The van der Waals surface area contributed by atoms with Crippen molar-refractivity contribution < 1.29 is 19.1 Å². The number of aromatic nitrogens is 1. The third kappa shape index (κ3) is 4.82. The van der Waals surface area contributed by atoms with Gasteiger partial charge in [0.25, 0.3) is 0 Å². The van der Waals surface area contributed by atoms with Gasteiger partial charge in [-0.3, -0.25) is 9.78 Å². The number of ether oxygens (including phenoxy) is 1. The first-order valence-electron chi connectivity index (χ1n) is 18.3. The molecule has 5 fully saturated rings. The number of nitrogens with zero attached hydrogens (tertiary/aromatic N) is 1. The van der Waals surface area contributed by atoms with E-state index in [-0.39, 0.29) is 44.9 Å². The molecule has 0 amide bonds. The lowest BCUT2D eigenvalue weighted by atomic mass is 9.32. The molecule has 5 saturated carbocycles. The molecule has 0 spiro atoms. The number of hydrogen-bond donors (Lipinski definition) is 0. The fourth-order valence-electron chi connectivity index (χ4n) is 13.3. The van der Waals surface area contributed by atoms with E-state index in [1.807, 2.05) is 0 Å². The Morgan fingerprint density at radius 1 is 0.867 bits per heavy atom. The summed E-state index contributed by atoms with van der Waals surface area (Å²) in [5.74, 6) is 3.57. The Morgan fingerprint density at radius 2 is 1.62 bits per heavy atom. The van der Waals surface area contributed by atoms with Gasteiger partial charge in [-0.1, -0.05) is 48.5 Å². The van der Waals surface area contributed by atoms with Gasteiger partial charge in [0.05, 0.1) is 5.56 Å². The number of hydrogen-bond acceptors (Lipinski definition) is 5. The summed E-state index contributed by atoms with van der Waals surface area (Å²) in [6.07, 6.45) is 15.2. The summed E-state index contributed by atoms with van der Waals surface area (Å²) in [6, 6.07) is 3.59. The highest BCUT2D eigenvalue weighted by Gasteiger charge is 2.72. The molecule has 5 nitrogen and oxygen atoms in total. The van der Waals surface area contributed by atoms with Crippen LogP contribution in [0, 0.1) is 62.6 Å². The molecule has 1 aromatic rings. The summed E-state index contributed by atoms with van der Waals surface area (Å²) in [5, 5.41) is 0. The summed E-state index contributed by atoms with van der Waals surface area (Å²) in [6.45, 7) is 19.0. The molecular formula is C40H59NO4. The smallest absolute Gasteiger partial charge is 0.339 e. The van der Waals surface area contributed by atoms with Gasteiger partial charge in [-0.2, -0.15) is 0 Å². The Morgan fingerprint density at radius 3 is 2.29 bits per heavy atom. The molecule has 5 aliphatic rings. The number of ketones is 2. The molecule has 0 aromatic carbocycles. The van der Waals surface area contributed by atoms with Crippen LogP contribution in [0.3, 0.4) is 0 Å². The van der Waals surface area contributed by atoms with Crippen LogP contribution in [-0.4, -0.2) is 28.6 Å². The minimum absolute atomic E-state index is 0.0961. The van der Waals surface area contributed by atoms with Gasteiger partial charge in [0.15, 0.2) is 0 Å². The second kappa shape index (κ2) is 11.3. The molecular weight excluding hydrogens is 558 g/mol. The van der Waals surface area contributed by atoms with Crippen molar-refractivity contribution in [2.75, 3.05) is 0 Å². The molecule has 5 unspecified atom stereocenters. The first-order valence-corrected chi connectivity index (χ1v) is 18.3. The van der Waals surface area contributed by atoms with Crippen LogP contribution in [0.1, 0.15) is 143 Å². The van der Waals surface area contributed by atoms with Crippen molar-refractivity contribution in [3.05, 3.63) is 30.1 Å². The van der Waals surface area contributed by atoms with Crippen LogP contribution in [0.5, 0.6) is 0 Å². The number of carbonyl (C=O) groups excluding carboxylic acids is 3. The van der Waals surface area contributed by atoms with E-state index < -0.39 is 0 Å². The summed E-state index contributed by atoms with van der Waals surface area (Å²) in [5.41, 5.74) is 0.809. The molecule has 10 atom stereocenters. The number of esters is 1. The van der Waals surface area contributed by atoms with Crippen LogP contribution in [-0.2, 0) is 14.3 Å². The molecule has 0 saturated heterocycles. The van der Waals surface area contributed by atoms with E-state index in [2.05, 4.69) is 53.5 Å². The molecule has 0 aliphatic heterocycles. The Bertz CT molecular complexity index is 1320. The molecule has 6 rings (SSSR count). The van der Waals surface area contributed by atoms with E-state index in [9.17, 15) is 14.4 Å². The van der Waals surface area contributed by atoms with Crippen molar-refractivity contribution in [2.45, 2.75) is 139 Å². The predicted octanol–water partition coefficient (Wildman–Crippen LogP) is 9.28. The van der Waals surface area contributed by atoms with Crippen LogP contribution < -0.4 is 0 Å². The third-order valence-corrected chi connectivity index (χ3v) is 15.7. The van der Waals surface area contributed by atoms with E-state index in [1.165, 1.54) is 25.7 Å². The maximum absolute atomic E-state index is 14.1. The summed E-state index contributed by atoms with van der Waals surface area (Å²) < 4.78 is 6.27. The normalized spacial score (nSPS) is 43.4. The summed E-state index contributed by atoms with van der Waals surface area (Å²) in [4.78, 5) is 43.3. The Labute approximate surface area is 272 Å². The van der Waals surface area contributed by atoms with Crippen LogP contribution in [0.2, 0.25) is 0 Å². The van der Waals surface area contributed by atoms with Crippen molar-refractivity contribution in [2.24, 2.45) is 62.6 Å². The van der Waals surface area contributed by atoms with E-state index in [0.717, 1.165) is 38.5 Å². The maximum atomic E-state index is 14.1. The highest BCUT2D eigenvalue weighted by Crippen LogP contribution is 2.77. The topological polar surface area (TPSA) is 73.3 Å². The average Bonchev–Trinajstić information content (AvgIpc) is 3.39. The van der Waals surface area contributed by atoms with Crippen LogP contribution in [0.15, 0.2) is 24.5 Å². The fourth-order valence-corrected chi connectivity index (χ4v) is 13.3. The third-order valence-electron chi connectivity index (χ3n) is 15.7. The lowest BCUT2D eigenvalue weighted by molar-refractivity contribution is -0.247. The molecule has 0 N–H and O–H groups in total. The Kier molecular flexibility index (Phi) is 8.25. The Hall–Kier alpha value is -2.04.